The molecule has 1 aliphatic rings. The van der Waals surface area contributed by atoms with Crippen molar-refractivity contribution in [2.45, 2.75) is 19.1 Å². The number of nitrogens with one attached hydrogen (secondary N) is 1. The monoisotopic (exact) mass is 250 g/mol. The second-order valence-corrected chi connectivity index (χ2v) is 5.36. The average molecular weight is 250 g/mol. The summed E-state index contributed by atoms with van der Waals surface area (Å²) in [5.74, 6) is 0.921. The standard InChI is InChI=1S/C14H22N2O2/c1-14(17,10-16(2)3)12-4-5-13-11(8-12)9-15-6-7-18-13/h4-5,8,15,17H,6-7,9-10H2,1-3H3. The summed E-state index contributed by atoms with van der Waals surface area (Å²) in [5, 5.41) is 13.8. The van der Waals surface area contributed by atoms with Crippen LogP contribution in [-0.2, 0) is 12.1 Å². The summed E-state index contributed by atoms with van der Waals surface area (Å²) in [4.78, 5) is 1.99. The number of benzene rings is 1. The lowest BCUT2D eigenvalue weighted by molar-refractivity contribution is 0.0299. The van der Waals surface area contributed by atoms with E-state index in [0.717, 1.165) is 30.0 Å². The first-order chi connectivity index (χ1) is 8.49. The summed E-state index contributed by atoms with van der Waals surface area (Å²) in [7, 11) is 3.92. The second kappa shape index (κ2) is 5.26. The number of nitrogens with zero attached hydrogens (tertiary/aromatic N) is 1. The Labute approximate surface area is 109 Å². The quantitative estimate of drug-likeness (QED) is 0.838. The molecule has 1 atom stereocenters. The van der Waals surface area contributed by atoms with E-state index in [-0.39, 0.29) is 0 Å². The summed E-state index contributed by atoms with van der Waals surface area (Å²) in [6, 6.07) is 5.95. The summed E-state index contributed by atoms with van der Waals surface area (Å²) >= 11 is 0. The molecular formula is C14H22N2O2. The van der Waals surface area contributed by atoms with Crippen molar-refractivity contribution in [3.05, 3.63) is 29.3 Å². The summed E-state index contributed by atoms with van der Waals surface area (Å²) in [6.07, 6.45) is 0. The zero-order chi connectivity index (χ0) is 13.2. The number of ether oxygens (including phenoxy) is 1. The maximum Gasteiger partial charge on any atom is 0.123 e. The van der Waals surface area contributed by atoms with Crippen LogP contribution in [0.3, 0.4) is 0 Å². The van der Waals surface area contributed by atoms with Gasteiger partial charge in [0.15, 0.2) is 0 Å². The third kappa shape index (κ3) is 3.02. The fraction of sp³-hybridized carbons (Fsp3) is 0.571. The highest BCUT2D eigenvalue weighted by Crippen LogP contribution is 2.28. The molecule has 0 amide bonds. The highest BCUT2D eigenvalue weighted by molar-refractivity contribution is 5.39. The van der Waals surface area contributed by atoms with Gasteiger partial charge in [0.05, 0.1) is 5.60 Å². The van der Waals surface area contributed by atoms with E-state index in [1.54, 1.807) is 0 Å². The van der Waals surface area contributed by atoms with Crippen LogP contribution in [0.5, 0.6) is 5.75 Å². The number of rotatable bonds is 3. The van der Waals surface area contributed by atoms with Gasteiger partial charge < -0.3 is 20.1 Å². The number of hydrogen-bond donors (Lipinski definition) is 2. The van der Waals surface area contributed by atoms with Crippen LogP contribution in [0.15, 0.2) is 18.2 Å². The zero-order valence-corrected chi connectivity index (χ0v) is 11.4. The topological polar surface area (TPSA) is 44.7 Å². The van der Waals surface area contributed by atoms with Crippen LogP contribution in [0.2, 0.25) is 0 Å². The minimum absolute atomic E-state index is 0.597. The van der Waals surface area contributed by atoms with Gasteiger partial charge in [-0.25, -0.2) is 0 Å². The first-order valence-corrected chi connectivity index (χ1v) is 6.33. The van der Waals surface area contributed by atoms with E-state index in [1.165, 1.54) is 0 Å². The number of likely N-dealkylation sites (N-methyl/N-ethyl adjacent to an activating group) is 1. The molecular weight excluding hydrogens is 228 g/mol. The highest BCUT2D eigenvalue weighted by atomic mass is 16.5. The van der Waals surface area contributed by atoms with E-state index >= 15 is 0 Å². The van der Waals surface area contributed by atoms with Crippen molar-refractivity contribution < 1.29 is 9.84 Å². The molecule has 1 aromatic rings. The summed E-state index contributed by atoms with van der Waals surface area (Å²) in [6.45, 7) is 4.79. The molecule has 1 aliphatic heterocycles. The lowest BCUT2D eigenvalue weighted by Crippen LogP contribution is -2.34. The van der Waals surface area contributed by atoms with Gasteiger partial charge in [-0.3, -0.25) is 0 Å². The van der Waals surface area contributed by atoms with Crippen LogP contribution >= 0.6 is 0 Å². The Balaban J connectivity index is 2.27. The molecule has 0 saturated carbocycles. The Morgan fingerprint density at radius 1 is 1.44 bits per heavy atom. The van der Waals surface area contributed by atoms with Gasteiger partial charge in [0.1, 0.15) is 12.4 Å². The Bertz CT molecular complexity index is 416. The molecule has 18 heavy (non-hydrogen) atoms. The van der Waals surface area contributed by atoms with Crippen LogP contribution in [0, 0.1) is 0 Å². The molecule has 0 saturated heterocycles. The molecule has 1 unspecified atom stereocenters. The van der Waals surface area contributed by atoms with Gasteiger partial charge in [-0.2, -0.15) is 0 Å². The highest BCUT2D eigenvalue weighted by Gasteiger charge is 2.25. The van der Waals surface area contributed by atoms with Crippen LogP contribution < -0.4 is 10.1 Å². The van der Waals surface area contributed by atoms with E-state index in [1.807, 2.05) is 44.1 Å². The molecule has 4 nitrogen and oxygen atoms in total. The van der Waals surface area contributed by atoms with E-state index in [0.29, 0.717) is 13.2 Å². The SMILES string of the molecule is CN(C)CC(C)(O)c1ccc2c(c1)CNCCO2. The minimum Gasteiger partial charge on any atom is -0.492 e. The van der Waals surface area contributed by atoms with Gasteiger partial charge in [0.25, 0.3) is 0 Å². The molecule has 100 valence electrons. The van der Waals surface area contributed by atoms with E-state index in [9.17, 15) is 5.11 Å². The summed E-state index contributed by atoms with van der Waals surface area (Å²) < 4.78 is 5.64. The lowest BCUT2D eigenvalue weighted by Gasteiger charge is -2.28. The Kier molecular flexibility index (Phi) is 3.90. The van der Waals surface area contributed by atoms with Crippen molar-refractivity contribution >= 4 is 0 Å². The molecule has 1 aromatic carbocycles. The molecule has 4 heteroatoms. The van der Waals surface area contributed by atoms with Crippen molar-refractivity contribution in [3.8, 4) is 5.75 Å². The first kappa shape index (κ1) is 13.3. The maximum atomic E-state index is 10.5. The average Bonchev–Trinajstić information content (AvgIpc) is 2.51. The molecule has 0 aromatic heterocycles. The van der Waals surface area contributed by atoms with Crippen molar-refractivity contribution in [2.75, 3.05) is 33.8 Å². The summed E-state index contributed by atoms with van der Waals surface area (Å²) in [5.41, 5.74) is 1.21. The van der Waals surface area contributed by atoms with Gasteiger partial charge in [-0.05, 0) is 38.7 Å². The van der Waals surface area contributed by atoms with E-state index in [4.69, 9.17) is 4.74 Å². The molecule has 0 aliphatic carbocycles. The Hall–Kier alpha value is -1.10. The maximum absolute atomic E-state index is 10.5. The Morgan fingerprint density at radius 3 is 2.94 bits per heavy atom. The fourth-order valence-corrected chi connectivity index (χ4v) is 2.36. The van der Waals surface area contributed by atoms with Crippen molar-refractivity contribution in [3.63, 3.8) is 0 Å². The number of fused-ring (bicyclic) bond motifs is 1. The predicted molar refractivity (Wildman–Crippen MR) is 71.8 cm³/mol. The molecule has 0 bridgehead atoms. The third-order valence-corrected chi connectivity index (χ3v) is 3.16. The normalized spacial score (nSPS) is 18.7. The van der Waals surface area contributed by atoms with E-state index < -0.39 is 5.60 Å². The number of aliphatic hydroxyl groups is 1. The molecule has 2 rings (SSSR count). The van der Waals surface area contributed by atoms with Gasteiger partial charge in [-0.1, -0.05) is 6.07 Å². The smallest absolute Gasteiger partial charge is 0.123 e. The van der Waals surface area contributed by atoms with Crippen molar-refractivity contribution in [1.29, 1.82) is 0 Å². The van der Waals surface area contributed by atoms with Crippen molar-refractivity contribution in [1.82, 2.24) is 10.2 Å². The van der Waals surface area contributed by atoms with Crippen molar-refractivity contribution in [2.24, 2.45) is 0 Å². The molecule has 0 radical (unpaired) electrons. The predicted octanol–water partition coefficient (Wildman–Crippen LogP) is 0.938. The lowest BCUT2D eigenvalue weighted by atomic mass is 9.93. The molecule has 0 fully saturated rings. The van der Waals surface area contributed by atoms with Gasteiger partial charge in [-0.15, -0.1) is 0 Å². The largest absolute Gasteiger partial charge is 0.492 e. The molecule has 1 heterocycles. The minimum atomic E-state index is -0.842. The van der Waals surface area contributed by atoms with Crippen LogP contribution in [0.4, 0.5) is 0 Å². The van der Waals surface area contributed by atoms with Gasteiger partial charge in [0.2, 0.25) is 0 Å². The van der Waals surface area contributed by atoms with Gasteiger partial charge in [0, 0.05) is 25.2 Å². The second-order valence-electron chi connectivity index (χ2n) is 5.36. The third-order valence-electron chi connectivity index (χ3n) is 3.16. The zero-order valence-electron chi connectivity index (χ0n) is 11.4. The van der Waals surface area contributed by atoms with Crippen LogP contribution in [0.1, 0.15) is 18.1 Å². The first-order valence-electron chi connectivity index (χ1n) is 6.33. The van der Waals surface area contributed by atoms with Crippen LogP contribution in [0.25, 0.3) is 0 Å². The molecule has 2 N–H and O–H groups in total. The van der Waals surface area contributed by atoms with Crippen LogP contribution in [-0.4, -0.2) is 43.8 Å². The Morgan fingerprint density at radius 2 is 2.22 bits per heavy atom. The number of hydrogen-bond acceptors (Lipinski definition) is 4. The molecule has 0 spiro atoms. The van der Waals surface area contributed by atoms with E-state index in [2.05, 4.69) is 5.32 Å². The fourth-order valence-electron chi connectivity index (χ4n) is 2.36. The van der Waals surface area contributed by atoms with Gasteiger partial charge >= 0.3 is 0 Å².